The van der Waals surface area contributed by atoms with E-state index < -0.39 is 28.4 Å². The van der Waals surface area contributed by atoms with Crippen molar-refractivity contribution in [2.24, 2.45) is 5.10 Å². The molecule has 3 rings (SSSR count). The van der Waals surface area contributed by atoms with Gasteiger partial charge in [-0.25, -0.2) is 18.6 Å². The van der Waals surface area contributed by atoms with E-state index in [4.69, 9.17) is 0 Å². The molecule has 0 radical (unpaired) electrons. The molecule has 8 nitrogen and oxygen atoms in total. The highest BCUT2D eigenvalue weighted by molar-refractivity contribution is 14.1. The first-order chi connectivity index (χ1) is 15.3. The second-order valence-corrected chi connectivity index (χ2v) is 9.59. The van der Waals surface area contributed by atoms with Crippen LogP contribution in [-0.4, -0.2) is 38.2 Å². The van der Waals surface area contributed by atoms with Gasteiger partial charge in [-0.05, 0) is 65.1 Å². The lowest BCUT2D eigenvalue weighted by molar-refractivity contribution is -0.119. The number of nitrogens with zero attached hydrogens (tertiary/aromatic N) is 2. The number of hydrogen-bond acceptors (Lipinski definition) is 5. The Bertz CT molecular complexity index is 1250. The van der Waals surface area contributed by atoms with Crippen molar-refractivity contribution in [3.63, 3.8) is 0 Å². The summed E-state index contributed by atoms with van der Waals surface area (Å²) in [7, 11) is -4.02. The molecule has 1 amide bonds. The first-order valence-electron chi connectivity index (χ1n) is 9.26. The summed E-state index contributed by atoms with van der Waals surface area (Å²) in [6.45, 7) is -0.518. The standard InChI is InChI=1S/C22H18IN3O5S/c23-17-10-12-18(13-11-17)26(32(30,31)19-7-2-1-3-8-19)15-21(27)25-24-14-16-6-4-5-9-20(16)22(28)29/h1-14H,15H2,(H,25,27)(H,28,29)/b24-14-. The molecule has 2 N–H and O–H groups in total. The number of sulfonamides is 1. The van der Waals surface area contributed by atoms with Crippen molar-refractivity contribution >= 4 is 56.4 Å². The minimum absolute atomic E-state index is 0.0256. The molecule has 3 aromatic rings. The van der Waals surface area contributed by atoms with E-state index in [0.29, 0.717) is 11.3 Å². The smallest absolute Gasteiger partial charge is 0.336 e. The zero-order valence-electron chi connectivity index (χ0n) is 16.6. The second-order valence-electron chi connectivity index (χ2n) is 6.49. The molecule has 0 atom stereocenters. The summed E-state index contributed by atoms with van der Waals surface area (Å²) >= 11 is 2.10. The largest absolute Gasteiger partial charge is 0.478 e. The summed E-state index contributed by atoms with van der Waals surface area (Å²) in [6, 6.07) is 20.7. The van der Waals surface area contributed by atoms with Crippen molar-refractivity contribution < 1.29 is 23.1 Å². The number of carbonyl (C=O) groups excluding carboxylic acids is 1. The summed E-state index contributed by atoms with van der Waals surface area (Å²) < 4.78 is 28.3. The quantitative estimate of drug-likeness (QED) is 0.248. The molecule has 0 aliphatic rings. The summed E-state index contributed by atoms with van der Waals surface area (Å²) in [5, 5.41) is 13.0. The van der Waals surface area contributed by atoms with Crippen molar-refractivity contribution in [2.45, 2.75) is 4.90 Å². The highest BCUT2D eigenvalue weighted by Crippen LogP contribution is 2.24. The van der Waals surface area contributed by atoms with Crippen LogP contribution in [0.4, 0.5) is 5.69 Å². The lowest BCUT2D eigenvalue weighted by Gasteiger charge is -2.23. The van der Waals surface area contributed by atoms with Gasteiger partial charge in [-0.2, -0.15) is 5.10 Å². The highest BCUT2D eigenvalue weighted by Gasteiger charge is 2.27. The van der Waals surface area contributed by atoms with Crippen molar-refractivity contribution in [2.75, 3.05) is 10.8 Å². The fourth-order valence-electron chi connectivity index (χ4n) is 2.79. The van der Waals surface area contributed by atoms with E-state index in [1.54, 1.807) is 54.6 Å². The minimum Gasteiger partial charge on any atom is -0.478 e. The van der Waals surface area contributed by atoms with Gasteiger partial charge in [-0.3, -0.25) is 9.10 Å². The number of carbonyl (C=O) groups is 2. The zero-order valence-corrected chi connectivity index (χ0v) is 19.5. The van der Waals surface area contributed by atoms with Gasteiger partial charge in [0.2, 0.25) is 0 Å². The Morgan fingerprint density at radius 2 is 1.59 bits per heavy atom. The molecule has 10 heteroatoms. The molecule has 0 spiro atoms. The van der Waals surface area contributed by atoms with Crippen LogP contribution in [0.25, 0.3) is 0 Å². The molecule has 0 aliphatic carbocycles. The number of rotatable bonds is 8. The Labute approximate surface area is 198 Å². The van der Waals surface area contributed by atoms with Crippen molar-refractivity contribution in [1.82, 2.24) is 5.43 Å². The van der Waals surface area contributed by atoms with Crippen LogP contribution in [0, 0.1) is 3.57 Å². The molecule has 0 fully saturated rings. The summed E-state index contributed by atoms with van der Waals surface area (Å²) in [5.41, 5.74) is 2.91. The average molecular weight is 563 g/mol. The van der Waals surface area contributed by atoms with Gasteiger partial charge in [0, 0.05) is 9.13 Å². The number of amides is 1. The number of hydrogen-bond donors (Lipinski definition) is 2. The molecule has 0 bridgehead atoms. The summed E-state index contributed by atoms with van der Waals surface area (Å²) in [5.74, 6) is -1.82. The van der Waals surface area contributed by atoms with Crippen molar-refractivity contribution in [3.05, 3.63) is 93.6 Å². The van der Waals surface area contributed by atoms with E-state index in [0.717, 1.165) is 7.88 Å². The molecule has 0 heterocycles. The number of halogens is 1. The first-order valence-corrected chi connectivity index (χ1v) is 11.8. The van der Waals surface area contributed by atoms with Crippen LogP contribution in [0.15, 0.2) is 88.9 Å². The van der Waals surface area contributed by atoms with E-state index in [-0.39, 0.29) is 10.5 Å². The molecule has 0 aromatic heterocycles. The highest BCUT2D eigenvalue weighted by atomic mass is 127. The van der Waals surface area contributed by atoms with E-state index in [9.17, 15) is 23.1 Å². The number of nitrogens with one attached hydrogen (secondary N) is 1. The van der Waals surface area contributed by atoms with Gasteiger partial charge in [0.15, 0.2) is 0 Å². The monoisotopic (exact) mass is 563 g/mol. The Kier molecular flexibility index (Phi) is 7.59. The van der Waals surface area contributed by atoms with Gasteiger partial charge >= 0.3 is 5.97 Å². The summed E-state index contributed by atoms with van der Waals surface area (Å²) in [6.07, 6.45) is 1.20. The third kappa shape index (κ3) is 5.71. The van der Waals surface area contributed by atoms with Crippen LogP contribution in [0.2, 0.25) is 0 Å². The number of carboxylic acids is 1. The molecule has 0 saturated carbocycles. The summed E-state index contributed by atoms with van der Waals surface area (Å²) in [4.78, 5) is 23.8. The molecule has 0 aliphatic heterocycles. The van der Waals surface area contributed by atoms with E-state index >= 15 is 0 Å². The average Bonchev–Trinajstić information content (AvgIpc) is 2.79. The Morgan fingerprint density at radius 1 is 0.969 bits per heavy atom. The van der Waals surface area contributed by atoms with Crippen molar-refractivity contribution in [3.8, 4) is 0 Å². The van der Waals surface area contributed by atoms with Gasteiger partial charge in [0.05, 0.1) is 22.4 Å². The predicted octanol–water partition coefficient (Wildman–Crippen LogP) is 3.34. The SMILES string of the molecule is O=C(CN(c1ccc(I)cc1)S(=O)(=O)c1ccccc1)N/N=C\c1ccccc1C(=O)O. The lowest BCUT2D eigenvalue weighted by Crippen LogP contribution is -2.39. The number of aromatic carboxylic acids is 1. The topological polar surface area (TPSA) is 116 Å². The van der Waals surface area contributed by atoms with Crippen LogP contribution in [-0.2, 0) is 14.8 Å². The van der Waals surface area contributed by atoms with Gasteiger partial charge in [-0.15, -0.1) is 0 Å². The molecular formula is C22H18IN3O5S. The van der Waals surface area contributed by atoms with Gasteiger partial charge in [0.1, 0.15) is 6.54 Å². The van der Waals surface area contributed by atoms with Crippen LogP contribution < -0.4 is 9.73 Å². The Hall–Kier alpha value is -3.25. The maximum absolute atomic E-state index is 13.2. The minimum atomic E-state index is -4.02. The predicted molar refractivity (Wildman–Crippen MR) is 129 cm³/mol. The number of hydrazone groups is 1. The fourth-order valence-corrected chi connectivity index (χ4v) is 4.59. The molecule has 3 aromatic carbocycles. The third-order valence-corrected chi connectivity index (χ3v) is 6.82. The van der Waals surface area contributed by atoms with Crippen LogP contribution in [0.1, 0.15) is 15.9 Å². The number of anilines is 1. The molecule has 0 saturated heterocycles. The van der Waals surface area contributed by atoms with Crippen LogP contribution in [0.5, 0.6) is 0 Å². The normalized spacial score (nSPS) is 11.3. The van der Waals surface area contributed by atoms with Gasteiger partial charge < -0.3 is 5.11 Å². The zero-order chi connectivity index (χ0) is 23.1. The number of carboxylic acid groups (broad SMARTS) is 1. The van der Waals surface area contributed by atoms with E-state index in [1.165, 1.54) is 30.5 Å². The molecule has 164 valence electrons. The first kappa shape index (κ1) is 23.4. The maximum atomic E-state index is 13.2. The van der Waals surface area contributed by atoms with Gasteiger partial charge in [-0.1, -0.05) is 36.4 Å². The van der Waals surface area contributed by atoms with Crippen LogP contribution >= 0.6 is 22.6 Å². The number of benzene rings is 3. The maximum Gasteiger partial charge on any atom is 0.336 e. The molecule has 32 heavy (non-hydrogen) atoms. The fraction of sp³-hybridized carbons (Fsp3) is 0.0455. The molecule has 0 unspecified atom stereocenters. The third-order valence-electron chi connectivity index (χ3n) is 4.32. The Morgan fingerprint density at radius 3 is 2.25 bits per heavy atom. The van der Waals surface area contributed by atoms with Crippen LogP contribution in [0.3, 0.4) is 0 Å². The van der Waals surface area contributed by atoms with Gasteiger partial charge in [0.25, 0.3) is 15.9 Å². The van der Waals surface area contributed by atoms with Crippen molar-refractivity contribution in [1.29, 1.82) is 0 Å². The lowest BCUT2D eigenvalue weighted by atomic mass is 10.1. The molecular weight excluding hydrogens is 545 g/mol. The Balaban J connectivity index is 1.83. The van der Waals surface area contributed by atoms with E-state index in [1.807, 2.05) is 0 Å². The second kappa shape index (κ2) is 10.4. The van der Waals surface area contributed by atoms with E-state index in [2.05, 4.69) is 33.1 Å².